The molecule has 1 aromatic rings. The van der Waals surface area contributed by atoms with E-state index in [1.807, 2.05) is 0 Å². The van der Waals surface area contributed by atoms with E-state index in [1.165, 1.54) is 0 Å². The van der Waals surface area contributed by atoms with Crippen LogP contribution in [0.2, 0.25) is 0 Å². The van der Waals surface area contributed by atoms with Crippen LogP contribution in [-0.4, -0.2) is 49.3 Å². The summed E-state index contributed by atoms with van der Waals surface area (Å²) >= 11 is 0. The van der Waals surface area contributed by atoms with Crippen molar-refractivity contribution in [1.82, 2.24) is 4.98 Å². The Hall–Kier alpha value is -3.18. The van der Waals surface area contributed by atoms with Gasteiger partial charge in [0.1, 0.15) is 11.1 Å². The standard InChI is InChI=1S/C10H4F3NO8/c11-10(12,13)3-1(6(15)16)4(8(19)20)14-5(9(21)22)2(3)7(17)18/h(H,15,16)(H,17,18)(H,19,20)(H,21,22). The van der Waals surface area contributed by atoms with Gasteiger partial charge in [-0.05, 0) is 0 Å². The van der Waals surface area contributed by atoms with Crippen LogP contribution in [0.3, 0.4) is 0 Å². The number of rotatable bonds is 4. The van der Waals surface area contributed by atoms with Crippen LogP contribution in [-0.2, 0) is 6.18 Å². The third kappa shape index (κ3) is 2.79. The molecule has 0 spiro atoms. The Bertz CT molecular complexity index is 659. The van der Waals surface area contributed by atoms with Gasteiger partial charge in [-0.25, -0.2) is 24.2 Å². The number of pyridine rings is 1. The molecule has 118 valence electrons. The highest BCUT2D eigenvalue weighted by atomic mass is 19.4. The Balaban J connectivity index is 4.20. The summed E-state index contributed by atoms with van der Waals surface area (Å²) in [7, 11) is 0. The second-order valence-electron chi connectivity index (χ2n) is 3.65. The van der Waals surface area contributed by atoms with E-state index >= 15 is 0 Å². The molecule has 0 amide bonds. The Morgan fingerprint density at radius 1 is 0.727 bits per heavy atom. The van der Waals surface area contributed by atoms with Crippen molar-refractivity contribution in [2.24, 2.45) is 0 Å². The van der Waals surface area contributed by atoms with Crippen LogP contribution in [0.1, 0.15) is 47.3 Å². The largest absolute Gasteiger partial charge is 0.478 e. The zero-order chi connectivity index (χ0) is 17.4. The number of aromatic nitrogens is 1. The van der Waals surface area contributed by atoms with Gasteiger partial charge in [0, 0.05) is 0 Å². The van der Waals surface area contributed by atoms with Gasteiger partial charge in [-0.15, -0.1) is 0 Å². The molecule has 0 atom stereocenters. The van der Waals surface area contributed by atoms with E-state index < -0.39 is 58.1 Å². The third-order valence-electron chi connectivity index (χ3n) is 2.31. The number of hydrogen-bond acceptors (Lipinski definition) is 5. The molecule has 12 heteroatoms. The van der Waals surface area contributed by atoms with E-state index in [1.54, 1.807) is 0 Å². The van der Waals surface area contributed by atoms with Crippen LogP contribution in [0.4, 0.5) is 13.2 Å². The molecule has 0 aliphatic rings. The fourth-order valence-electron chi connectivity index (χ4n) is 1.59. The van der Waals surface area contributed by atoms with Crippen molar-refractivity contribution in [3.05, 3.63) is 28.1 Å². The minimum atomic E-state index is -5.64. The quantitative estimate of drug-likeness (QED) is 0.630. The van der Waals surface area contributed by atoms with Gasteiger partial charge in [-0.3, -0.25) is 0 Å². The molecule has 0 radical (unpaired) electrons. The molecular formula is C10H4F3NO8. The highest BCUT2D eigenvalue weighted by Crippen LogP contribution is 2.37. The van der Waals surface area contributed by atoms with Crippen molar-refractivity contribution >= 4 is 23.9 Å². The molecule has 0 bridgehead atoms. The minimum absolute atomic E-state index is 1.73. The average Bonchev–Trinajstić information content (AvgIpc) is 2.34. The summed E-state index contributed by atoms with van der Waals surface area (Å²) in [5.74, 6) is -9.36. The van der Waals surface area contributed by atoms with Gasteiger partial charge in [-0.2, -0.15) is 13.2 Å². The molecule has 1 aromatic heterocycles. The lowest BCUT2D eigenvalue weighted by Crippen LogP contribution is -2.27. The van der Waals surface area contributed by atoms with Crippen molar-refractivity contribution in [3.8, 4) is 0 Å². The topological polar surface area (TPSA) is 162 Å². The average molecular weight is 323 g/mol. The summed E-state index contributed by atoms with van der Waals surface area (Å²) in [5.41, 5.74) is -9.79. The van der Waals surface area contributed by atoms with E-state index in [9.17, 15) is 32.3 Å². The van der Waals surface area contributed by atoms with Crippen LogP contribution in [0.5, 0.6) is 0 Å². The lowest BCUT2D eigenvalue weighted by molar-refractivity contribution is -0.138. The first kappa shape index (κ1) is 16.9. The zero-order valence-corrected chi connectivity index (χ0v) is 10.0. The van der Waals surface area contributed by atoms with E-state index in [0.717, 1.165) is 0 Å². The van der Waals surface area contributed by atoms with Gasteiger partial charge in [0.2, 0.25) is 0 Å². The number of alkyl halides is 3. The first-order valence-electron chi connectivity index (χ1n) is 4.98. The lowest BCUT2D eigenvalue weighted by atomic mass is 9.97. The maximum atomic E-state index is 13.0. The number of aromatic carboxylic acids is 4. The maximum Gasteiger partial charge on any atom is 0.418 e. The van der Waals surface area contributed by atoms with Crippen molar-refractivity contribution in [2.75, 3.05) is 0 Å². The van der Waals surface area contributed by atoms with Gasteiger partial charge < -0.3 is 20.4 Å². The lowest BCUT2D eigenvalue weighted by Gasteiger charge is -2.16. The fraction of sp³-hybridized carbons (Fsp3) is 0.100. The summed E-state index contributed by atoms with van der Waals surface area (Å²) in [6.45, 7) is 0. The fourth-order valence-corrected chi connectivity index (χ4v) is 1.59. The molecule has 1 rings (SSSR count). The van der Waals surface area contributed by atoms with E-state index in [-0.39, 0.29) is 0 Å². The smallest absolute Gasteiger partial charge is 0.418 e. The zero-order valence-electron chi connectivity index (χ0n) is 10.0. The first-order chi connectivity index (χ1) is 9.89. The summed E-state index contributed by atoms with van der Waals surface area (Å²) in [4.78, 5) is 46.2. The summed E-state index contributed by atoms with van der Waals surface area (Å²) < 4.78 is 38.9. The molecule has 0 unspecified atom stereocenters. The summed E-state index contributed by atoms with van der Waals surface area (Å²) in [6, 6.07) is 0. The summed E-state index contributed by atoms with van der Waals surface area (Å²) in [6.07, 6.45) is -5.64. The van der Waals surface area contributed by atoms with Crippen LogP contribution < -0.4 is 0 Å². The number of halogens is 3. The Labute approximate surface area is 117 Å². The van der Waals surface area contributed by atoms with E-state index in [0.29, 0.717) is 0 Å². The van der Waals surface area contributed by atoms with Gasteiger partial charge in [0.15, 0.2) is 11.4 Å². The predicted octanol–water partition coefficient (Wildman–Crippen LogP) is 0.893. The normalized spacial score (nSPS) is 11.0. The Morgan fingerprint density at radius 2 is 1.05 bits per heavy atom. The van der Waals surface area contributed by atoms with Gasteiger partial charge in [0.25, 0.3) is 0 Å². The molecular weight excluding hydrogens is 319 g/mol. The van der Waals surface area contributed by atoms with Crippen molar-refractivity contribution in [1.29, 1.82) is 0 Å². The van der Waals surface area contributed by atoms with Crippen molar-refractivity contribution in [2.45, 2.75) is 6.18 Å². The van der Waals surface area contributed by atoms with Crippen molar-refractivity contribution < 1.29 is 52.8 Å². The number of carboxylic acid groups (broad SMARTS) is 4. The molecule has 0 fully saturated rings. The first-order valence-corrected chi connectivity index (χ1v) is 4.98. The molecule has 4 N–H and O–H groups in total. The predicted molar refractivity (Wildman–Crippen MR) is 57.1 cm³/mol. The number of carbonyl (C=O) groups is 4. The SMILES string of the molecule is O=C(O)c1nc(C(=O)O)c(C(=O)O)c(C(F)(F)F)c1C(=O)O. The van der Waals surface area contributed by atoms with Crippen LogP contribution in [0.25, 0.3) is 0 Å². The van der Waals surface area contributed by atoms with Gasteiger partial charge >= 0.3 is 30.1 Å². The molecule has 0 saturated carbocycles. The minimum Gasteiger partial charge on any atom is -0.478 e. The molecule has 0 aliphatic carbocycles. The third-order valence-corrected chi connectivity index (χ3v) is 2.31. The molecule has 1 heterocycles. The van der Waals surface area contributed by atoms with E-state index in [2.05, 4.69) is 4.98 Å². The maximum absolute atomic E-state index is 13.0. The van der Waals surface area contributed by atoms with Crippen LogP contribution >= 0.6 is 0 Å². The summed E-state index contributed by atoms with van der Waals surface area (Å²) in [5, 5.41) is 34.9. The van der Waals surface area contributed by atoms with Gasteiger partial charge in [-0.1, -0.05) is 0 Å². The van der Waals surface area contributed by atoms with Crippen LogP contribution in [0, 0.1) is 0 Å². The van der Waals surface area contributed by atoms with Crippen molar-refractivity contribution in [3.63, 3.8) is 0 Å². The Morgan fingerprint density at radius 3 is 1.23 bits per heavy atom. The number of hydrogen-bond donors (Lipinski definition) is 4. The Kier molecular flexibility index (Phi) is 4.07. The number of nitrogens with zero attached hydrogens (tertiary/aromatic N) is 1. The van der Waals surface area contributed by atoms with E-state index in [4.69, 9.17) is 20.4 Å². The molecule has 0 aliphatic heterocycles. The molecule has 0 aromatic carbocycles. The second kappa shape index (κ2) is 5.31. The highest BCUT2D eigenvalue weighted by molar-refractivity contribution is 6.08. The monoisotopic (exact) mass is 323 g/mol. The molecule has 0 saturated heterocycles. The second-order valence-corrected chi connectivity index (χ2v) is 3.65. The molecule has 9 nitrogen and oxygen atoms in total. The van der Waals surface area contributed by atoms with Crippen LogP contribution in [0.15, 0.2) is 0 Å². The number of carboxylic acids is 4. The van der Waals surface area contributed by atoms with Gasteiger partial charge in [0.05, 0.1) is 5.56 Å². The molecule has 22 heavy (non-hydrogen) atoms. The highest BCUT2D eigenvalue weighted by Gasteiger charge is 2.45.